The van der Waals surface area contributed by atoms with Gasteiger partial charge in [0.2, 0.25) is 6.23 Å². The molecule has 4 aromatic rings. The minimum atomic E-state index is -1.19. The van der Waals surface area contributed by atoms with Crippen LogP contribution < -0.4 is 22.3 Å². The number of carbonyl (C=O) groups is 6. The fourth-order valence-electron chi connectivity index (χ4n) is 9.31. The highest BCUT2D eigenvalue weighted by Crippen LogP contribution is 2.32. The zero-order valence-corrected chi connectivity index (χ0v) is 55.4. The molecule has 2 aliphatic rings. The van der Waals surface area contributed by atoms with Crippen molar-refractivity contribution in [2.75, 3.05) is 25.8 Å². The van der Waals surface area contributed by atoms with Gasteiger partial charge < -0.3 is 55.9 Å². The standard InChI is InChI=1S/C33H47N2O6.C16H24N2O4.C15H20ClNO2.2CO2.ClH/c1-24(25-14-9-8-10-15-25)28-17-11-12-19-35(28)31(38)39-23-34-18-13-16-26(21-34)29(36)20-27(22-40-32(2,3)4)30(37)41-33(5,6)7;1-15(2,3)21-13(14(20)22-16(4,5)6)18-12(19)11-8-7-9-17-10-11;1-12(13-7-3-2-4-8-13)14-9-5-6-10-17(14)15(18)19-11-16;2*2-1-3;/h8-10,13-16,18,21,24,27-28H,11-12,17,19-20,22-23H2,1-7H3;7-10,13H,1-6H3,(H,18,19);2-4,7-8,12,14H,5-6,9-11H2,1H3;;;1H/q+1;;;;;/p-1/t24-,27+,28?;13-;12-,14?;;;/m101.../s1. The first-order valence-electron chi connectivity index (χ1n) is 29.3. The van der Waals surface area contributed by atoms with Crippen LogP contribution in [0.2, 0.25) is 0 Å². The number of benzene rings is 2. The number of halogens is 2. The summed E-state index contributed by atoms with van der Waals surface area (Å²) in [6.45, 7) is 27.5. The lowest BCUT2D eigenvalue weighted by atomic mass is 9.87. The van der Waals surface area contributed by atoms with Crippen molar-refractivity contribution in [2.24, 2.45) is 5.92 Å². The summed E-state index contributed by atoms with van der Waals surface area (Å²) in [5.74, 6) is -2.01. The first kappa shape index (κ1) is 79.6. The van der Waals surface area contributed by atoms with Crippen LogP contribution in [0.15, 0.2) is 110 Å². The van der Waals surface area contributed by atoms with Crippen LogP contribution in [0.3, 0.4) is 0 Å². The highest BCUT2D eigenvalue weighted by molar-refractivity contribution is 6.17. The number of alkyl halides is 1. The molecular formula is C66H91Cl2N5O16. The molecule has 6 atom stereocenters. The number of Topliss-reactive ketones (excluding diaryl/α,β-unsaturated/α-hetero) is 1. The van der Waals surface area contributed by atoms with Gasteiger partial charge in [-0.1, -0.05) is 86.1 Å². The molecule has 2 fully saturated rings. The van der Waals surface area contributed by atoms with Gasteiger partial charge in [-0.2, -0.15) is 23.7 Å². The number of piperidine rings is 2. The van der Waals surface area contributed by atoms with E-state index in [0.717, 1.165) is 45.1 Å². The molecule has 0 saturated carbocycles. The monoisotopic (exact) mass is 1280 g/mol. The van der Waals surface area contributed by atoms with Crippen LogP contribution in [0.5, 0.6) is 0 Å². The van der Waals surface area contributed by atoms with Gasteiger partial charge in [-0.25, -0.2) is 14.4 Å². The number of amides is 3. The predicted octanol–water partition coefficient (Wildman–Crippen LogP) is 8.18. The van der Waals surface area contributed by atoms with Crippen molar-refractivity contribution in [1.82, 2.24) is 20.1 Å². The second kappa shape index (κ2) is 39.6. The number of ether oxygens (including phenoxy) is 6. The molecule has 0 aliphatic carbocycles. The summed E-state index contributed by atoms with van der Waals surface area (Å²) < 4.78 is 34.6. The van der Waals surface area contributed by atoms with Crippen molar-refractivity contribution in [3.05, 3.63) is 132 Å². The maximum atomic E-state index is 13.2. The Labute approximate surface area is 535 Å². The van der Waals surface area contributed by atoms with Gasteiger partial charge in [-0.3, -0.25) is 19.4 Å². The molecule has 3 amide bonds. The average Bonchev–Trinajstić information content (AvgIpc) is 2.49. The molecule has 2 aromatic carbocycles. The molecule has 21 nitrogen and oxygen atoms in total. The van der Waals surface area contributed by atoms with E-state index in [0.29, 0.717) is 23.6 Å². The number of aromatic nitrogens is 2. The largest absolute Gasteiger partial charge is 1.00 e. The van der Waals surface area contributed by atoms with Crippen molar-refractivity contribution >= 4 is 59.7 Å². The Balaban J connectivity index is 0.000000693. The third kappa shape index (κ3) is 31.6. The summed E-state index contributed by atoms with van der Waals surface area (Å²) in [7, 11) is 0. The number of nitrogens with zero attached hydrogens (tertiary/aromatic N) is 4. The third-order valence-corrected chi connectivity index (χ3v) is 13.3. The Bertz CT molecular complexity index is 2830. The van der Waals surface area contributed by atoms with Gasteiger partial charge in [0, 0.05) is 61.9 Å². The number of nitrogens with one attached hydrogen (secondary N) is 1. The summed E-state index contributed by atoms with van der Waals surface area (Å²) in [4.78, 5) is 116. The average molecular weight is 1280 g/mol. The van der Waals surface area contributed by atoms with Crippen LogP contribution in [0.4, 0.5) is 9.59 Å². The van der Waals surface area contributed by atoms with Gasteiger partial charge in [0.25, 0.3) is 12.6 Å². The van der Waals surface area contributed by atoms with E-state index in [1.807, 2.05) is 67.0 Å². The second-order valence-corrected chi connectivity index (χ2v) is 25.1. The zero-order chi connectivity index (χ0) is 66.3. The molecule has 0 bridgehead atoms. The molecule has 2 unspecified atom stereocenters. The van der Waals surface area contributed by atoms with Gasteiger partial charge in [0.1, 0.15) is 11.2 Å². The Morgan fingerprint density at radius 1 is 0.629 bits per heavy atom. The van der Waals surface area contributed by atoms with Crippen LogP contribution in [0.1, 0.15) is 186 Å². The van der Waals surface area contributed by atoms with E-state index < -0.39 is 52.4 Å². The number of carbonyl (C=O) groups excluding carboxylic acids is 10. The van der Waals surface area contributed by atoms with Crippen LogP contribution in [0, 0.1) is 5.92 Å². The molecule has 2 saturated heterocycles. The van der Waals surface area contributed by atoms with Crippen molar-refractivity contribution in [2.45, 2.75) is 201 Å². The second-order valence-electron chi connectivity index (χ2n) is 24.9. The fourth-order valence-corrected chi connectivity index (χ4v) is 9.40. The number of hydrogen-bond acceptors (Lipinski definition) is 17. The molecule has 2 aromatic heterocycles. The topological polar surface area (TPSA) is 261 Å². The van der Waals surface area contributed by atoms with Crippen molar-refractivity contribution in [3.8, 4) is 0 Å². The Morgan fingerprint density at radius 2 is 1.10 bits per heavy atom. The lowest BCUT2D eigenvalue weighted by molar-refractivity contribution is -0.727. The van der Waals surface area contributed by atoms with Gasteiger partial charge in [-0.05, 0) is 151 Å². The zero-order valence-electron chi connectivity index (χ0n) is 53.9. The van der Waals surface area contributed by atoms with Crippen LogP contribution in [-0.4, -0.2) is 129 Å². The van der Waals surface area contributed by atoms with Crippen LogP contribution in [0.25, 0.3) is 0 Å². The number of pyridine rings is 2. The van der Waals surface area contributed by atoms with Crippen molar-refractivity contribution < 1.29 is 93.3 Å². The summed E-state index contributed by atoms with van der Waals surface area (Å²) in [6.07, 6.45) is 11.2. The molecule has 23 heteroatoms. The molecule has 2 aliphatic heterocycles. The van der Waals surface area contributed by atoms with Crippen LogP contribution in [-0.2, 0) is 63.9 Å². The molecule has 0 radical (unpaired) electrons. The number of rotatable bonds is 17. The van der Waals surface area contributed by atoms with E-state index in [2.05, 4.69) is 48.4 Å². The van der Waals surface area contributed by atoms with E-state index in [9.17, 15) is 28.8 Å². The normalized spacial score (nSPS) is 16.0. The highest BCUT2D eigenvalue weighted by atomic mass is 35.5. The lowest BCUT2D eigenvalue weighted by Crippen LogP contribution is -3.00. The fraction of sp³-hybridized carbons (Fsp3) is 0.545. The molecule has 4 heterocycles. The van der Waals surface area contributed by atoms with E-state index in [1.165, 1.54) is 17.3 Å². The summed E-state index contributed by atoms with van der Waals surface area (Å²) in [5, 5.41) is 2.54. The summed E-state index contributed by atoms with van der Waals surface area (Å²) >= 11 is 5.49. The van der Waals surface area contributed by atoms with E-state index in [4.69, 9.17) is 59.2 Å². The molecule has 6 rings (SSSR count). The lowest BCUT2D eigenvalue weighted by Gasteiger charge is -2.38. The molecule has 490 valence electrons. The van der Waals surface area contributed by atoms with Gasteiger partial charge in [0.15, 0.2) is 24.2 Å². The Kier molecular flexibility index (Phi) is 35.4. The van der Waals surface area contributed by atoms with Gasteiger partial charge >= 0.3 is 36.4 Å². The third-order valence-electron chi connectivity index (χ3n) is 13.2. The van der Waals surface area contributed by atoms with Crippen molar-refractivity contribution in [1.29, 1.82) is 0 Å². The van der Waals surface area contributed by atoms with Gasteiger partial charge in [0.05, 0.1) is 34.9 Å². The maximum Gasteiger partial charge on any atom is 0.414 e. The van der Waals surface area contributed by atoms with E-state index in [-0.39, 0.29) is 86.5 Å². The van der Waals surface area contributed by atoms with E-state index in [1.54, 1.807) is 110 Å². The summed E-state index contributed by atoms with van der Waals surface area (Å²) in [6, 6.07) is 27.4. The SMILES string of the molecule is CC(C)(C)OC(=O)[C@@H](NC(=O)c1cccnc1)OC(C)(C)C.C[C@H](c1ccccc1)C1CCCCN1C(=O)OCCl.C[C@H](c1ccccc1)C1CCCCN1C(=O)OC[n+]1cccc(C(=O)C[C@@H](COC(C)(C)C)C(=O)OC(C)(C)C)c1.O=C=O.O=C=O.[Cl-]. The predicted molar refractivity (Wildman–Crippen MR) is 325 cm³/mol. The Hall–Kier alpha value is -7.38. The minimum Gasteiger partial charge on any atom is -1.00 e. The van der Waals surface area contributed by atoms with Crippen molar-refractivity contribution in [3.63, 3.8) is 0 Å². The number of hydrogen-bond donors (Lipinski definition) is 1. The molecule has 0 spiro atoms. The minimum absolute atomic E-state index is 0. The van der Waals surface area contributed by atoms with Crippen LogP contribution >= 0.6 is 11.6 Å². The molecule has 1 N–H and O–H groups in total. The maximum absolute atomic E-state index is 13.2. The molecular weight excluding hydrogens is 1190 g/mol. The van der Waals surface area contributed by atoms with Gasteiger partial charge in [-0.15, -0.1) is 0 Å². The first-order chi connectivity index (χ1) is 41.3. The number of likely N-dealkylation sites (tertiary alicyclic amines) is 2. The first-order valence-corrected chi connectivity index (χ1v) is 29.8. The highest BCUT2D eigenvalue weighted by Gasteiger charge is 2.36. The molecule has 89 heavy (non-hydrogen) atoms. The summed E-state index contributed by atoms with van der Waals surface area (Å²) in [5.41, 5.74) is 0.795. The number of ketones is 1. The smallest absolute Gasteiger partial charge is 0.414 e. The van der Waals surface area contributed by atoms with E-state index >= 15 is 0 Å². The quantitative estimate of drug-likeness (QED) is 0.0261. The number of esters is 2. The Morgan fingerprint density at radius 3 is 1.54 bits per heavy atom.